The maximum Gasteiger partial charge on any atom is 0.161 e. The molecule has 35 heavy (non-hydrogen) atoms. The summed E-state index contributed by atoms with van der Waals surface area (Å²) in [6.07, 6.45) is 0. The van der Waals surface area contributed by atoms with E-state index in [-0.39, 0.29) is 0 Å². The number of anilines is 2. The summed E-state index contributed by atoms with van der Waals surface area (Å²) in [7, 11) is 1.70. The van der Waals surface area contributed by atoms with E-state index >= 15 is 0 Å². The molecule has 2 aromatic carbocycles. The summed E-state index contributed by atoms with van der Waals surface area (Å²) in [5.74, 6) is 2.53. The summed E-state index contributed by atoms with van der Waals surface area (Å²) in [5, 5.41) is 11.6. The van der Waals surface area contributed by atoms with Gasteiger partial charge in [0.15, 0.2) is 5.82 Å². The molecule has 4 aromatic rings. The van der Waals surface area contributed by atoms with Gasteiger partial charge in [-0.1, -0.05) is 12.1 Å². The quantitative estimate of drug-likeness (QED) is 0.400. The average molecular weight is 471 g/mol. The van der Waals surface area contributed by atoms with Gasteiger partial charge in [0.05, 0.1) is 25.1 Å². The fourth-order valence-corrected chi connectivity index (χ4v) is 5.21. The van der Waals surface area contributed by atoms with Crippen molar-refractivity contribution in [1.82, 2.24) is 14.8 Å². The molecule has 5 rings (SSSR count). The molecular weight excluding hydrogens is 438 g/mol. The molecule has 0 atom stereocenters. The normalized spacial score (nSPS) is 14.0. The lowest BCUT2D eigenvalue weighted by Gasteiger charge is -2.36. The summed E-state index contributed by atoms with van der Waals surface area (Å²) in [6, 6.07) is 17.4. The number of ether oxygens (including phenoxy) is 2. The monoisotopic (exact) mass is 470 g/mol. The van der Waals surface area contributed by atoms with E-state index in [1.54, 1.807) is 7.11 Å². The second-order valence-corrected chi connectivity index (χ2v) is 8.87. The molecule has 1 saturated heterocycles. The van der Waals surface area contributed by atoms with Crippen molar-refractivity contribution in [2.75, 3.05) is 49.7 Å². The molecular formula is C28H32N5O2. The van der Waals surface area contributed by atoms with Gasteiger partial charge in [-0.25, -0.2) is 0 Å². The number of aryl methyl sites for hydroxylation is 3. The SMILES string of the molecule is CCOc1ccc(-n2c(C)c3c(C)nnc(N4CCN(c5c[c]ccc5)CC4)c3c2C)c(OC)c1. The van der Waals surface area contributed by atoms with Crippen molar-refractivity contribution in [1.29, 1.82) is 0 Å². The second kappa shape index (κ2) is 9.49. The molecule has 0 bridgehead atoms. The zero-order chi connectivity index (χ0) is 24.5. The number of benzene rings is 2. The molecule has 0 amide bonds. The van der Waals surface area contributed by atoms with Gasteiger partial charge in [-0.15, -0.1) is 5.10 Å². The topological polar surface area (TPSA) is 55.7 Å². The number of hydrogen-bond acceptors (Lipinski definition) is 6. The Morgan fingerprint density at radius 1 is 0.943 bits per heavy atom. The highest BCUT2D eigenvalue weighted by Crippen LogP contribution is 2.38. The van der Waals surface area contributed by atoms with Crippen molar-refractivity contribution in [2.24, 2.45) is 0 Å². The van der Waals surface area contributed by atoms with Gasteiger partial charge in [-0.2, -0.15) is 5.10 Å². The molecule has 0 saturated carbocycles. The summed E-state index contributed by atoms with van der Waals surface area (Å²) >= 11 is 0. The Morgan fingerprint density at radius 3 is 2.37 bits per heavy atom. The molecule has 0 unspecified atom stereocenters. The second-order valence-electron chi connectivity index (χ2n) is 8.87. The highest BCUT2D eigenvalue weighted by Gasteiger charge is 2.26. The Bertz CT molecular complexity index is 1340. The van der Waals surface area contributed by atoms with E-state index in [9.17, 15) is 0 Å². The van der Waals surface area contributed by atoms with E-state index in [2.05, 4.69) is 57.6 Å². The number of piperazine rings is 1. The maximum atomic E-state index is 5.77. The van der Waals surface area contributed by atoms with E-state index in [0.717, 1.165) is 77.0 Å². The molecule has 1 radical (unpaired) electrons. The van der Waals surface area contributed by atoms with Gasteiger partial charge in [0, 0.05) is 60.1 Å². The molecule has 0 spiro atoms. The lowest BCUT2D eigenvalue weighted by Crippen LogP contribution is -2.47. The van der Waals surface area contributed by atoms with Crippen molar-refractivity contribution < 1.29 is 9.47 Å². The minimum Gasteiger partial charge on any atom is -0.494 e. The highest BCUT2D eigenvalue weighted by atomic mass is 16.5. The predicted octanol–water partition coefficient (Wildman–Crippen LogP) is 4.88. The molecule has 7 nitrogen and oxygen atoms in total. The standard InChI is InChI=1S/C28H32N5O2/c1-6-35-23-12-13-24(25(18-23)34-5)33-20(3)26-19(2)29-30-28(27(26)21(33)4)32-16-14-31(15-17-32)22-10-8-7-9-11-22/h7-8,10-13,18H,6,14-17H2,1-5H3. The first kappa shape index (κ1) is 23.0. The number of methoxy groups -OCH3 is 1. The van der Waals surface area contributed by atoms with Gasteiger partial charge in [0.25, 0.3) is 0 Å². The third-order valence-electron chi connectivity index (χ3n) is 6.86. The van der Waals surface area contributed by atoms with Crippen molar-refractivity contribution in [3.8, 4) is 17.2 Å². The predicted molar refractivity (Wildman–Crippen MR) is 141 cm³/mol. The molecule has 1 aliphatic heterocycles. The van der Waals surface area contributed by atoms with Crippen LogP contribution in [0.25, 0.3) is 16.5 Å². The number of rotatable bonds is 6. The van der Waals surface area contributed by atoms with Crippen LogP contribution in [0.1, 0.15) is 24.0 Å². The van der Waals surface area contributed by atoms with Crippen LogP contribution in [0.4, 0.5) is 11.5 Å². The number of hydrogen-bond donors (Lipinski definition) is 0. The zero-order valence-corrected chi connectivity index (χ0v) is 21.1. The molecule has 1 fully saturated rings. The van der Waals surface area contributed by atoms with E-state index in [1.807, 2.05) is 38.1 Å². The first-order valence-corrected chi connectivity index (χ1v) is 12.2. The van der Waals surface area contributed by atoms with Crippen LogP contribution in [0.2, 0.25) is 0 Å². The summed E-state index contributed by atoms with van der Waals surface area (Å²) in [4.78, 5) is 4.77. The third-order valence-corrected chi connectivity index (χ3v) is 6.86. The molecule has 3 heterocycles. The summed E-state index contributed by atoms with van der Waals surface area (Å²) < 4.78 is 13.7. The number of nitrogens with zero attached hydrogens (tertiary/aromatic N) is 5. The largest absolute Gasteiger partial charge is 0.494 e. The molecule has 181 valence electrons. The van der Waals surface area contributed by atoms with Crippen LogP contribution in [0, 0.1) is 26.8 Å². The van der Waals surface area contributed by atoms with Gasteiger partial charge < -0.3 is 23.8 Å². The Kier molecular flexibility index (Phi) is 6.24. The Morgan fingerprint density at radius 2 is 1.69 bits per heavy atom. The molecule has 7 heteroatoms. The Hall–Kier alpha value is -3.74. The van der Waals surface area contributed by atoms with Crippen LogP contribution < -0.4 is 19.3 Å². The molecule has 1 aliphatic rings. The zero-order valence-electron chi connectivity index (χ0n) is 21.1. The average Bonchev–Trinajstić information content (AvgIpc) is 3.16. The smallest absolute Gasteiger partial charge is 0.161 e. The fraction of sp³-hybridized carbons (Fsp3) is 0.357. The Balaban J connectivity index is 1.55. The van der Waals surface area contributed by atoms with Crippen molar-refractivity contribution in [3.63, 3.8) is 0 Å². The van der Waals surface area contributed by atoms with Gasteiger partial charge in [-0.3, -0.25) is 0 Å². The van der Waals surface area contributed by atoms with E-state index < -0.39 is 0 Å². The fourth-order valence-electron chi connectivity index (χ4n) is 5.21. The number of fused-ring (bicyclic) bond motifs is 1. The van der Waals surface area contributed by atoms with Crippen LogP contribution in [-0.2, 0) is 0 Å². The maximum absolute atomic E-state index is 5.77. The minimum absolute atomic E-state index is 0.615. The van der Waals surface area contributed by atoms with E-state index in [1.165, 1.54) is 5.69 Å². The van der Waals surface area contributed by atoms with Crippen molar-refractivity contribution in [2.45, 2.75) is 27.7 Å². The van der Waals surface area contributed by atoms with Crippen LogP contribution in [0.3, 0.4) is 0 Å². The molecule has 2 aromatic heterocycles. The van der Waals surface area contributed by atoms with Gasteiger partial charge in [0.2, 0.25) is 0 Å². The van der Waals surface area contributed by atoms with E-state index in [0.29, 0.717) is 6.61 Å². The third kappa shape index (κ3) is 4.05. The van der Waals surface area contributed by atoms with Crippen LogP contribution in [-0.4, -0.2) is 54.7 Å². The van der Waals surface area contributed by atoms with Crippen molar-refractivity contribution >= 4 is 22.3 Å². The highest BCUT2D eigenvalue weighted by molar-refractivity contribution is 5.99. The van der Waals surface area contributed by atoms with Crippen LogP contribution in [0.15, 0.2) is 42.5 Å². The summed E-state index contributed by atoms with van der Waals surface area (Å²) in [6.45, 7) is 12.6. The molecule has 0 N–H and O–H groups in total. The molecule has 0 aliphatic carbocycles. The first-order valence-electron chi connectivity index (χ1n) is 12.2. The van der Waals surface area contributed by atoms with Crippen LogP contribution >= 0.6 is 0 Å². The lowest BCUT2D eigenvalue weighted by molar-refractivity contribution is 0.336. The summed E-state index contributed by atoms with van der Waals surface area (Å²) in [5.41, 5.74) is 5.40. The first-order chi connectivity index (χ1) is 17.0. The Labute approximate surface area is 206 Å². The minimum atomic E-state index is 0.615. The van der Waals surface area contributed by atoms with E-state index in [4.69, 9.17) is 14.6 Å². The van der Waals surface area contributed by atoms with Gasteiger partial charge in [0.1, 0.15) is 11.5 Å². The number of aromatic nitrogens is 3. The van der Waals surface area contributed by atoms with Crippen LogP contribution in [0.5, 0.6) is 11.5 Å². The van der Waals surface area contributed by atoms with Crippen molar-refractivity contribution in [3.05, 3.63) is 65.6 Å². The van der Waals surface area contributed by atoms with Gasteiger partial charge in [-0.05, 0) is 58.0 Å². The van der Waals surface area contributed by atoms with Gasteiger partial charge >= 0.3 is 0 Å². The lowest BCUT2D eigenvalue weighted by atomic mass is 10.1.